The zero-order valence-corrected chi connectivity index (χ0v) is 10.4. The Bertz CT molecular complexity index is 349. The van der Waals surface area contributed by atoms with Crippen LogP contribution in [0.5, 0.6) is 0 Å². The maximum absolute atomic E-state index is 6.11. The Hall–Kier alpha value is -0.270. The van der Waals surface area contributed by atoms with Crippen molar-refractivity contribution in [2.75, 3.05) is 5.88 Å². The first-order chi connectivity index (χ1) is 7.15. The van der Waals surface area contributed by atoms with Gasteiger partial charge < -0.3 is 0 Å². The molecule has 82 valence electrons. The Morgan fingerprint density at radius 2 is 2.27 bits per heavy atom. The second kappa shape index (κ2) is 4.31. The van der Waals surface area contributed by atoms with Gasteiger partial charge in [-0.1, -0.05) is 18.5 Å². The first-order valence-corrected chi connectivity index (χ1v) is 6.21. The number of rotatable bonds is 4. The molecule has 1 aliphatic rings. The van der Waals surface area contributed by atoms with Crippen molar-refractivity contribution in [3.8, 4) is 0 Å². The molecule has 0 bridgehead atoms. The van der Waals surface area contributed by atoms with Gasteiger partial charge in [-0.05, 0) is 42.2 Å². The van der Waals surface area contributed by atoms with Crippen molar-refractivity contribution >= 4 is 23.2 Å². The molecule has 0 saturated heterocycles. The lowest BCUT2D eigenvalue weighted by molar-refractivity contribution is 0.313. The van der Waals surface area contributed by atoms with Crippen LogP contribution in [0.15, 0.2) is 18.5 Å². The van der Waals surface area contributed by atoms with Crippen molar-refractivity contribution < 1.29 is 0 Å². The molecule has 0 spiro atoms. The van der Waals surface area contributed by atoms with Crippen LogP contribution in [0.1, 0.15) is 25.3 Å². The fourth-order valence-corrected chi connectivity index (χ4v) is 2.56. The number of pyridine rings is 1. The molecule has 1 atom stereocenters. The Morgan fingerprint density at radius 1 is 1.53 bits per heavy atom. The third-order valence-corrected chi connectivity index (χ3v) is 4.27. The summed E-state index contributed by atoms with van der Waals surface area (Å²) in [7, 11) is 0. The van der Waals surface area contributed by atoms with Gasteiger partial charge in [0, 0.05) is 18.3 Å². The Labute approximate surface area is 101 Å². The van der Waals surface area contributed by atoms with E-state index in [2.05, 4.69) is 11.9 Å². The molecule has 3 heteroatoms. The highest BCUT2D eigenvalue weighted by molar-refractivity contribution is 6.31. The lowest BCUT2D eigenvalue weighted by atomic mass is 9.81. The second-order valence-electron chi connectivity index (χ2n) is 4.71. The summed E-state index contributed by atoms with van der Waals surface area (Å²) >= 11 is 12.2. The van der Waals surface area contributed by atoms with Crippen LogP contribution in [0.2, 0.25) is 5.02 Å². The van der Waals surface area contributed by atoms with Crippen molar-refractivity contribution in [3.05, 3.63) is 29.0 Å². The van der Waals surface area contributed by atoms with Crippen LogP contribution in [-0.2, 0) is 6.42 Å². The molecule has 1 heterocycles. The van der Waals surface area contributed by atoms with E-state index in [0.29, 0.717) is 5.88 Å². The standard InChI is InChI=1S/C12H15Cl2N/c1-12(8-13,10-2-3-10)6-9-4-5-15-7-11(9)14/h4-5,7,10H,2-3,6,8H2,1H3. The number of aromatic nitrogens is 1. The topological polar surface area (TPSA) is 12.9 Å². The Kier molecular flexibility index (Phi) is 3.22. The normalized spacial score (nSPS) is 19.9. The summed E-state index contributed by atoms with van der Waals surface area (Å²) in [5.74, 6) is 1.48. The average molecular weight is 244 g/mol. The van der Waals surface area contributed by atoms with Crippen molar-refractivity contribution in [1.29, 1.82) is 0 Å². The number of halogens is 2. The van der Waals surface area contributed by atoms with Crippen LogP contribution in [0.3, 0.4) is 0 Å². The maximum atomic E-state index is 6.11. The van der Waals surface area contributed by atoms with E-state index in [1.54, 1.807) is 12.4 Å². The van der Waals surface area contributed by atoms with Crippen molar-refractivity contribution in [3.63, 3.8) is 0 Å². The summed E-state index contributed by atoms with van der Waals surface area (Å²) in [6.45, 7) is 2.26. The number of hydrogen-bond acceptors (Lipinski definition) is 1. The van der Waals surface area contributed by atoms with Crippen molar-refractivity contribution in [1.82, 2.24) is 4.98 Å². The summed E-state index contributed by atoms with van der Waals surface area (Å²) in [4.78, 5) is 4.00. The van der Waals surface area contributed by atoms with E-state index >= 15 is 0 Å². The first kappa shape index (κ1) is 11.2. The van der Waals surface area contributed by atoms with Gasteiger partial charge in [-0.25, -0.2) is 0 Å². The molecule has 1 aromatic heterocycles. The van der Waals surface area contributed by atoms with Gasteiger partial charge in [0.25, 0.3) is 0 Å². The molecular weight excluding hydrogens is 229 g/mol. The molecule has 0 aromatic carbocycles. The van der Waals surface area contributed by atoms with E-state index in [-0.39, 0.29) is 5.41 Å². The highest BCUT2D eigenvalue weighted by atomic mass is 35.5. The first-order valence-electron chi connectivity index (χ1n) is 5.30. The predicted molar refractivity (Wildman–Crippen MR) is 64.5 cm³/mol. The molecular formula is C12H15Cl2N. The minimum atomic E-state index is 0.201. The van der Waals surface area contributed by atoms with Gasteiger partial charge >= 0.3 is 0 Å². The fraction of sp³-hybridized carbons (Fsp3) is 0.583. The van der Waals surface area contributed by atoms with Crippen LogP contribution in [-0.4, -0.2) is 10.9 Å². The zero-order valence-electron chi connectivity index (χ0n) is 8.84. The van der Waals surface area contributed by atoms with E-state index < -0.39 is 0 Å². The van der Waals surface area contributed by atoms with Crippen LogP contribution >= 0.6 is 23.2 Å². The lowest BCUT2D eigenvalue weighted by Gasteiger charge is -2.27. The molecule has 0 radical (unpaired) electrons. The van der Waals surface area contributed by atoms with Gasteiger partial charge in [0.2, 0.25) is 0 Å². The molecule has 2 rings (SSSR count). The van der Waals surface area contributed by atoms with Crippen LogP contribution in [0.25, 0.3) is 0 Å². The lowest BCUT2D eigenvalue weighted by Crippen LogP contribution is -2.24. The molecule has 1 aromatic rings. The summed E-state index contributed by atoms with van der Waals surface area (Å²) < 4.78 is 0. The van der Waals surface area contributed by atoms with Crippen molar-refractivity contribution in [2.45, 2.75) is 26.2 Å². The monoisotopic (exact) mass is 243 g/mol. The number of nitrogens with zero attached hydrogens (tertiary/aromatic N) is 1. The zero-order chi connectivity index (χ0) is 10.9. The summed E-state index contributed by atoms with van der Waals surface area (Å²) in [6.07, 6.45) is 7.08. The minimum absolute atomic E-state index is 0.201. The summed E-state index contributed by atoms with van der Waals surface area (Å²) in [6, 6.07) is 2.00. The number of alkyl halides is 1. The largest absolute Gasteiger partial charge is 0.263 e. The smallest absolute Gasteiger partial charge is 0.0621 e. The van der Waals surface area contributed by atoms with E-state index in [0.717, 1.165) is 17.4 Å². The second-order valence-corrected chi connectivity index (χ2v) is 5.38. The maximum Gasteiger partial charge on any atom is 0.0621 e. The van der Waals surface area contributed by atoms with Gasteiger partial charge in [-0.3, -0.25) is 4.98 Å². The van der Waals surface area contributed by atoms with Crippen LogP contribution in [0, 0.1) is 11.3 Å². The predicted octanol–water partition coefficient (Wildman–Crippen LogP) is 3.93. The molecule has 1 unspecified atom stereocenters. The van der Waals surface area contributed by atoms with Gasteiger partial charge in [-0.2, -0.15) is 0 Å². The van der Waals surface area contributed by atoms with E-state index in [9.17, 15) is 0 Å². The van der Waals surface area contributed by atoms with Gasteiger partial charge in [0.15, 0.2) is 0 Å². The third kappa shape index (κ3) is 2.46. The van der Waals surface area contributed by atoms with Crippen LogP contribution < -0.4 is 0 Å². The molecule has 1 aliphatic carbocycles. The third-order valence-electron chi connectivity index (χ3n) is 3.32. The quantitative estimate of drug-likeness (QED) is 0.731. The molecule has 0 aliphatic heterocycles. The fourth-order valence-electron chi connectivity index (χ4n) is 2.06. The van der Waals surface area contributed by atoms with E-state index in [4.69, 9.17) is 23.2 Å². The molecule has 1 nitrogen and oxygen atoms in total. The molecule has 1 fully saturated rings. The highest BCUT2D eigenvalue weighted by Gasteiger charge is 2.40. The van der Waals surface area contributed by atoms with Crippen molar-refractivity contribution in [2.24, 2.45) is 11.3 Å². The van der Waals surface area contributed by atoms with Gasteiger partial charge in [0.05, 0.1) is 5.02 Å². The summed E-state index contributed by atoms with van der Waals surface area (Å²) in [5, 5.41) is 0.759. The number of hydrogen-bond donors (Lipinski definition) is 0. The Morgan fingerprint density at radius 3 is 2.80 bits per heavy atom. The molecule has 0 amide bonds. The SMILES string of the molecule is CC(CCl)(Cc1ccncc1Cl)C1CC1. The van der Waals surface area contributed by atoms with Crippen LogP contribution in [0.4, 0.5) is 0 Å². The van der Waals surface area contributed by atoms with E-state index in [1.165, 1.54) is 18.4 Å². The summed E-state index contributed by atoms with van der Waals surface area (Å²) in [5.41, 5.74) is 1.37. The van der Waals surface area contributed by atoms with Gasteiger partial charge in [0.1, 0.15) is 0 Å². The average Bonchev–Trinajstić information content (AvgIpc) is 3.05. The molecule has 0 N–H and O–H groups in total. The Balaban J connectivity index is 2.16. The van der Waals surface area contributed by atoms with Gasteiger partial charge in [-0.15, -0.1) is 11.6 Å². The minimum Gasteiger partial charge on any atom is -0.263 e. The molecule has 15 heavy (non-hydrogen) atoms. The molecule has 1 saturated carbocycles. The highest BCUT2D eigenvalue weighted by Crippen LogP contribution is 2.48. The van der Waals surface area contributed by atoms with E-state index in [1.807, 2.05) is 6.07 Å².